The first-order valence-electron chi connectivity index (χ1n) is 10.1. The molecule has 0 spiro atoms. The van der Waals surface area contributed by atoms with Crippen molar-refractivity contribution in [1.82, 2.24) is 9.47 Å². The lowest BCUT2D eigenvalue weighted by Crippen LogP contribution is -2.51. The van der Waals surface area contributed by atoms with Gasteiger partial charge in [-0.2, -0.15) is 0 Å². The van der Waals surface area contributed by atoms with Crippen LogP contribution in [0.4, 0.5) is 5.69 Å². The van der Waals surface area contributed by atoms with Crippen molar-refractivity contribution in [3.8, 4) is 5.69 Å². The van der Waals surface area contributed by atoms with Crippen LogP contribution in [0, 0.1) is 0 Å². The van der Waals surface area contributed by atoms with Crippen molar-refractivity contribution < 1.29 is 14.3 Å². The average molecular weight is 403 g/mol. The summed E-state index contributed by atoms with van der Waals surface area (Å²) in [7, 11) is 0. The minimum absolute atomic E-state index is 0.155. The van der Waals surface area contributed by atoms with Crippen LogP contribution in [0.1, 0.15) is 17.3 Å². The highest BCUT2D eigenvalue weighted by Crippen LogP contribution is 2.17. The number of piperazine rings is 1. The minimum Gasteiger partial charge on any atom is -0.449 e. The summed E-state index contributed by atoms with van der Waals surface area (Å²) in [6.07, 6.45) is 2.99. The number of hydrogen-bond acceptors (Lipinski definition) is 4. The summed E-state index contributed by atoms with van der Waals surface area (Å²) in [6.45, 7) is 4.38. The van der Waals surface area contributed by atoms with Gasteiger partial charge < -0.3 is 19.1 Å². The van der Waals surface area contributed by atoms with Crippen LogP contribution in [0.5, 0.6) is 0 Å². The number of carbonyl (C=O) groups is 2. The Kier molecular flexibility index (Phi) is 5.84. The van der Waals surface area contributed by atoms with Crippen molar-refractivity contribution in [2.75, 3.05) is 31.1 Å². The number of anilines is 1. The second kappa shape index (κ2) is 8.86. The highest BCUT2D eigenvalue weighted by molar-refractivity contribution is 5.92. The first-order valence-corrected chi connectivity index (χ1v) is 10.1. The topological polar surface area (TPSA) is 54.8 Å². The van der Waals surface area contributed by atoms with Crippen LogP contribution in [0.25, 0.3) is 5.69 Å². The van der Waals surface area contributed by atoms with E-state index in [1.54, 1.807) is 30.0 Å². The molecule has 6 nitrogen and oxygen atoms in total. The van der Waals surface area contributed by atoms with E-state index in [0.29, 0.717) is 18.7 Å². The van der Waals surface area contributed by atoms with Crippen LogP contribution in [-0.4, -0.2) is 53.6 Å². The number of para-hydroxylation sites is 1. The lowest BCUT2D eigenvalue weighted by atomic mass is 10.2. The number of ether oxygens (including phenoxy) is 1. The van der Waals surface area contributed by atoms with Gasteiger partial charge in [0.15, 0.2) is 6.10 Å². The zero-order valence-electron chi connectivity index (χ0n) is 17.0. The summed E-state index contributed by atoms with van der Waals surface area (Å²) in [5.74, 6) is -0.648. The number of nitrogens with zero attached hydrogens (tertiary/aromatic N) is 3. The van der Waals surface area contributed by atoms with Crippen LogP contribution in [-0.2, 0) is 9.53 Å². The Hall–Kier alpha value is -3.54. The van der Waals surface area contributed by atoms with Crippen LogP contribution in [0.3, 0.4) is 0 Å². The van der Waals surface area contributed by atoms with Gasteiger partial charge in [-0.1, -0.05) is 24.3 Å². The standard InChI is InChI=1S/C24H25N3O3/c1-19(23(28)27-16-14-26(15-17-27)21-9-3-2-4-10-21)30-24(29)20-8-7-11-22(18-20)25-12-5-6-13-25/h2-13,18-19H,14-17H2,1H3/t19-/m1/s1. The number of rotatable bonds is 5. The van der Waals surface area contributed by atoms with Gasteiger partial charge in [-0.25, -0.2) is 4.79 Å². The Labute approximate surface area is 176 Å². The first-order chi connectivity index (χ1) is 14.6. The molecule has 1 aliphatic rings. The molecule has 1 aliphatic heterocycles. The summed E-state index contributed by atoms with van der Waals surface area (Å²) >= 11 is 0. The van der Waals surface area contributed by atoms with E-state index in [0.717, 1.165) is 24.5 Å². The van der Waals surface area contributed by atoms with Gasteiger partial charge in [-0.05, 0) is 49.4 Å². The number of esters is 1. The predicted molar refractivity (Wildman–Crippen MR) is 116 cm³/mol. The summed E-state index contributed by atoms with van der Waals surface area (Å²) in [5.41, 5.74) is 2.45. The van der Waals surface area contributed by atoms with Gasteiger partial charge in [0.05, 0.1) is 5.56 Å². The number of hydrogen-bond donors (Lipinski definition) is 0. The van der Waals surface area contributed by atoms with E-state index in [4.69, 9.17) is 4.74 Å². The van der Waals surface area contributed by atoms with Gasteiger partial charge in [0, 0.05) is 49.9 Å². The van der Waals surface area contributed by atoms with E-state index in [2.05, 4.69) is 17.0 Å². The summed E-state index contributed by atoms with van der Waals surface area (Å²) < 4.78 is 7.40. The quantitative estimate of drug-likeness (QED) is 0.613. The molecule has 30 heavy (non-hydrogen) atoms. The number of aromatic nitrogens is 1. The second-order valence-corrected chi connectivity index (χ2v) is 7.34. The molecule has 1 amide bonds. The monoisotopic (exact) mass is 403 g/mol. The Morgan fingerprint density at radius 3 is 2.20 bits per heavy atom. The number of benzene rings is 2. The van der Waals surface area contributed by atoms with Crippen molar-refractivity contribution in [3.63, 3.8) is 0 Å². The average Bonchev–Trinajstić information content (AvgIpc) is 3.34. The third-order valence-corrected chi connectivity index (χ3v) is 5.33. The predicted octanol–water partition coefficient (Wildman–Crippen LogP) is 3.37. The summed E-state index contributed by atoms with van der Waals surface area (Å²) in [4.78, 5) is 29.4. The molecule has 154 valence electrons. The molecule has 0 aliphatic carbocycles. The van der Waals surface area contributed by atoms with E-state index >= 15 is 0 Å². The normalized spacial score (nSPS) is 15.0. The van der Waals surface area contributed by atoms with Crippen molar-refractivity contribution in [2.24, 2.45) is 0 Å². The van der Waals surface area contributed by atoms with Gasteiger partial charge in [0.25, 0.3) is 5.91 Å². The molecule has 4 rings (SSSR count). The largest absolute Gasteiger partial charge is 0.449 e. The van der Waals surface area contributed by atoms with Crippen molar-refractivity contribution >= 4 is 17.6 Å². The zero-order valence-corrected chi connectivity index (χ0v) is 17.0. The van der Waals surface area contributed by atoms with Crippen molar-refractivity contribution in [2.45, 2.75) is 13.0 Å². The van der Waals surface area contributed by atoms with Crippen molar-refractivity contribution in [3.05, 3.63) is 84.7 Å². The molecule has 2 heterocycles. The molecule has 0 radical (unpaired) electrons. The highest BCUT2D eigenvalue weighted by atomic mass is 16.5. The third kappa shape index (κ3) is 4.38. The van der Waals surface area contributed by atoms with Crippen LogP contribution in [0.2, 0.25) is 0 Å². The fourth-order valence-electron chi connectivity index (χ4n) is 3.66. The molecule has 1 fully saturated rings. The first kappa shape index (κ1) is 19.8. The molecule has 1 atom stereocenters. The Morgan fingerprint density at radius 2 is 1.50 bits per heavy atom. The highest BCUT2D eigenvalue weighted by Gasteiger charge is 2.27. The molecule has 0 unspecified atom stereocenters. The van der Waals surface area contributed by atoms with Crippen LogP contribution >= 0.6 is 0 Å². The second-order valence-electron chi connectivity index (χ2n) is 7.34. The van der Waals surface area contributed by atoms with E-state index in [-0.39, 0.29) is 5.91 Å². The van der Waals surface area contributed by atoms with Gasteiger partial charge in [0.1, 0.15) is 0 Å². The zero-order chi connectivity index (χ0) is 20.9. The molecule has 0 bridgehead atoms. The van der Waals surface area contributed by atoms with Crippen LogP contribution < -0.4 is 4.90 Å². The van der Waals surface area contributed by atoms with E-state index in [9.17, 15) is 9.59 Å². The Bertz CT molecular complexity index is 994. The number of amides is 1. The maximum absolute atomic E-state index is 12.8. The third-order valence-electron chi connectivity index (χ3n) is 5.33. The van der Waals surface area contributed by atoms with Gasteiger partial charge in [-0.15, -0.1) is 0 Å². The molecular weight excluding hydrogens is 378 g/mol. The Morgan fingerprint density at radius 1 is 0.833 bits per heavy atom. The Balaban J connectivity index is 1.34. The maximum Gasteiger partial charge on any atom is 0.338 e. The maximum atomic E-state index is 12.8. The molecule has 6 heteroatoms. The molecule has 2 aromatic carbocycles. The summed E-state index contributed by atoms with van der Waals surface area (Å²) in [5, 5.41) is 0. The molecule has 0 N–H and O–H groups in total. The fourth-order valence-corrected chi connectivity index (χ4v) is 3.66. The van der Waals surface area contributed by atoms with Gasteiger partial charge in [-0.3, -0.25) is 4.79 Å². The van der Waals surface area contributed by atoms with Crippen LogP contribution in [0.15, 0.2) is 79.1 Å². The van der Waals surface area contributed by atoms with Crippen molar-refractivity contribution in [1.29, 1.82) is 0 Å². The molecule has 0 saturated carbocycles. The molecular formula is C24H25N3O3. The fraction of sp³-hybridized carbons (Fsp3) is 0.250. The lowest BCUT2D eigenvalue weighted by molar-refractivity contribution is -0.140. The summed E-state index contributed by atoms with van der Waals surface area (Å²) in [6, 6.07) is 21.2. The minimum atomic E-state index is -0.823. The van der Waals surface area contributed by atoms with E-state index in [1.165, 1.54) is 0 Å². The lowest BCUT2D eigenvalue weighted by Gasteiger charge is -2.37. The van der Waals surface area contributed by atoms with E-state index < -0.39 is 12.1 Å². The van der Waals surface area contributed by atoms with Gasteiger partial charge >= 0.3 is 5.97 Å². The molecule has 1 aromatic heterocycles. The molecule has 3 aromatic rings. The SMILES string of the molecule is C[C@@H](OC(=O)c1cccc(-n2cccc2)c1)C(=O)N1CCN(c2ccccc2)CC1. The smallest absolute Gasteiger partial charge is 0.338 e. The van der Waals surface area contributed by atoms with E-state index in [1.807, 2.05) is 53.4 Å². The molecule has 1 saturated heterocycles. The van der Waals surface area contributed by atoms with Gasteiger partial charge in [0.2, 0.25) is 0 Å². The number of carbonyl (C=O) groups excluding carboxylic acids is 2.